The SMILES string of the molecule is CCCCOCCC(C)C(C)=O. The quantitative estimate of drug-likeness (QED) is 0.551. The van der Waals surface area contributed by atoms with E-state index in [1.54, 1.807) is 6.92 Å². The number of unbranched alkanes of at least 4 members (excludes halogenated alkanes) is 1. The Morgan fingerprint density at radius 2 is 2.08 bits per heavy atom. The molecule has 72 valence electrons. The number of carbonyl (C=O) groups is 1. The number of carbonyl (C=O) groups excluding carboxylic acids is 1. The molecule has 0 saturated heterocycles. The van der Waals surface area contributed by atoms with Crippen molar-refractivity contribution < 1.29 is 9.53 Å². The second-order valence-corrected chi connectivity index (χ2v) is 3.27. The van der Waals surface area contributed by atoms with Crippen LogP contribution in [0.1, 0.15) is 40.0 Å². The van der Waals surface area contributed by atoms with Gasteiger partial charge < -0.3 is 4.74 Å². The van der Waals surface area contributed by atoms with Crippen LogP contribution in [0.4, 0.5) is 0 Å². The molecule has 0 radical (unpaired) electrons. The number of rotatable bonds is 7. The van der Waals surface area contributed by atoms with Gasteiger partial charge in [-0.05, 0) is 19.8 Å². The zero-order valence-electron chi connectivity index (χ0n) is 8.43. The van der Waals surface area contributed by atoms with Gasteiger partial charge >= 0.3 is 0 Å². The maximum atomic E-state index is 10.8. The fourth-order valence-corrected chi connectivity index (χ4v) is 0.812. The minimum absolute atomic E-state index is 0.159. The molecule has 0 aliphatic carbocycles. The molecule has 0 rings (SSSR count). The minimum atomic E-state index is 0.159. The van der Waals surface area contributed by atoms with Gasteiger partial charge in [0.2, 0.25) is 0 Å². The third-order valence-electron chi connectivity index (χ3n) is 2.03. The Kier molecular flexibility index (Phi) is 7.06. The van der Waals surface area contributed by atoms with E-state index in [2.05, 4.69) is 6.92 Å². The molecule has 2 nitrogen and oxygen atoms in total. The summed E-state index contributed by atoms with van der Waals surface area (Å²) in [6.45, 7) is 7.28. The normalized spacial score (nSPS) is 12.9. The first-order valence-corrected chi connectivity index (χ1v) is 4.76. The fraction of sp³-hybridized carbons (Fsp3) is 0.900. The van der Waals surface area contributed by atoms with Crippen molar-refractivity contribution >= 4 is 5.78 Å². The summed E-state index contributed by atoms with van der Waals surface area (Å²) in [5, 5.41) is 0. The van der Waals surface area contributed by atoms with Crippen LogP contribution in [0.2, 0.25) is 0 Å². The lowest BCUT2D eigenvalue weighted by molar-refractivity contribution is -0.120. The summed E-state index contributed by atoms with van der Waals surface area (Å²) in [5.41, 5.74) is 0. The van der Waals surface area contributed by atoms with Crippen molar-refractivity contribution in [2.45, 2.75) is 40.0 Å². The van der Waals surface area contributed by atoms with E-state index in [1.807, 2.05) is 6.92 Å². The number of hydrogen-bond acceptors (Lipinski definition) is 2. The number of hydrogen-bond donors (Lipinski definition) is 0. The van der Waals surface area contributed by atoms with Crippen LogP contribution < -0.4 is 0 Å². The lowest BCUT2D eigenvalue weighted by Crippen LogP contribution is -2.10. The Morgan fingerprint density at radius 3 is 2.58 bits per heavy atom. The number of ketones is 1. The molecule has 0 amide bonds. The largest absolute Gasteiger partial charge is 0.381 e. The van der Waals surface area contributed by atoms with Gasteiger partial charge in [0.25, 0.3) is 0 Å². The molecule has 0 heterocycles. The molecule has 12 heavy (non-hydrogen) atoms. The summed E-state index contributed by atoms with van der Waals surface area (Å²) in [7, 11) is 0. The molecule has 0 fully saturated rings. The molecule has 0 aromatic heterocycles. The van der Waals surface area contributed by atoms with Crippen LogP contribution >= 0.6 is 0 Å². The van der Waals surface area contributed by atoms with Gasteiger partial charge in [0.15, 0.2) is 0 Å². The van der Waals surface area contributed by atoms with Crippen LogP contribution in [-0.2, 0) is 9.53 Å². The summed E-state index contributed by atoms with van der Waals surface area (Å²) >= 11 is 0. The van der Waals surface area contributed by atoms with Crippen molar-refractivity contribution in [1.29, 1.82) is 0 Å². The van der Waals surface area contributed by atoms with Gasteiger partial charge in [-0.15, -0.1) is 0 Å². The molecule has 0 N–H and O–H groups in total. The van der Waals surface area contributed by atoms with E-state index < -0.39 is 0 Å². The van der Waals surface area contributed by atoms with Gasteiger partial charge in [-0.1, -0.05) is 20.3 Å². The minimum Gasteiger partial charge on any atom is -0.381 e. The maximum Gasteiger partial charge on any atom is 0.132 e. The van der Waals surface area contributed by atoms with Gasteiger partial charge in [-0.25, -0.2) is 0 Å². The smallest absolute Gasteiger partial charge is 0.132 e. The Bertz CT molecular complexity index is 121. The van der Waals surface area contributed by atoms with E-state index in [4.69, 9.17) is 4.74 Å². The zero-order valence-corrected chi connectivity index (χ0v) is 8.43. The first kappa shape index (κ1) is 11.6. The fourth-order valence-electron chi connectivity index (χ4n) is 0.812. The molecule has 0 aliphatic rings. The van der Waals surface area contributed by atoms with Gasteiger partial charge in [-0.3, -0.25) is 4.79 Å². The van der Waals surface area contributed by atoms with Crippen molar-refractivity contribution in [1.82, 2.24) is 0 Å². The molecule has 0 aliphatic heterocycles. The Labute approximate surface area is 75.3 Å². The van der Waals surface area contributed by atoms with Gasteiger partial charge in [0, 0.05) is 19.1 Å². The highest BCUT2D eigenvalue weighted by molar-refractivity contribution is 5.77. The monoisotopic (exact) mass is 172 g/mol. The molecule has 1 atom stereocenters. The van der Waals surface area contributed by atoms with Crippen molar-refractivity contribution in [3.8, 4) is 0 Å². The van der Waals surface area contributed by atoms with E-state index in [-0.39, 0.29) is 11.7 Å². The summed E-state index contributed by atoms with van der Waals surface area (Å²) in [5.74, 6) is 0.417. The van der Waals surface area contributed by atoms with E-state index in [1.165, 1.54) is 6.42 Å². The highest BCUT2D eigenvalue weighted by Gasteiger charge is 2.05. The molecule has 0 aromatic rings. The zero-order chi connectivity index (χ0) is 9.40. The highest BCUT2D eigenvalue weighted by atomic mass is 16.5. The summed E-state index contributed by atoms with van der Waals surface area (Å²) in [6.07, 6.45) is 3.15. The molecule has 1 unspecified atom stereocenters. The molecule has 0 bridgehead atoms. The van der Waals surface area contributed by atoms with E-state index in [9.17, 15) is 4.79 Å². The first-order valence-electron chi connectivity index (χ1n) is 4.76. The lowest BCUT2D eigenvalue weighted by Gasteiger charge is -2.07. The van der Waals surface area contributed by atoms with Crippen LogP contribution in [0.5, 0.6) is 0 Å². The molecule has 0 aromatic carbocycles. The van der Waals surface area contributed by atoms with Gasteiger partial charge in [0.1, 0.15) is 5.78 Å². The van der Waals surface area contributed by atoms with Crippen LogP contribution in [0.25, 0.3) is 0 Å². The molecular formula is C10H20O2. The molecule has 0 saturated carbocycles. The third-order valence-corrected chi connectivity index (χ3v) is 2.03. The topological polar surface area (TPSA) is 26.3 Å². The summed E-state index contributed by atoms with van der Waals surface area (Å²) < 4.78 is 5.34. The molecular weight excluding hydrogens is 152 g/mol. The number of ether oxygens (including phenoxy) is 1. The lowest BCUT2D eigenvalue weighted by atomic mass is 10.1. The highest BCUT2D eigenvalue weighted by Crippen LogP contribution is 2.03. The van der Waals surface area contributed by atoms with Crippen molar-refractivity contribution in [2.24, 2.45) is 5.92 Å². The predicted molar refractivity (Wildman–Crippen MR) is 50.2 cm³/mol. The predicted octanol–water partition coefficient (Wildman–Crippen LogP) is 2.42. The Hall–Kier alpha value is -0.370. The second kappa shape index (κ2) is 7.29. The molecule has 2 heteroatoms. The summed E-state index contributed by atoms with van der Waals surface area (Å²) in [6, 6.07) is 0. The number of Topliss-reactive ketones (excluding diaryl/α,β-unsaturated/α-hetero) is 1. The van der Waals surface area contributed by atoms with Gasteiger partial charge in [-0.2, -0.15) is 0 Å². The van der Waals surface area contributed by atoms with Crippen molar-refractivity contribution in [3.05, 3.63) is 0 Å². The second-order valence-electron chi connectivity index (χ2n) is 3.27. The first-order chi connectivity index (χ1) is 5.68. The standard InChI is InChI=1S/C10H20O2/c1-4-5-7-12-8-6-9(2)10(3)11/h9H,4-8H2,1-3H3. The van der Waals surface area contributed by atoms with Crippen molar-refractivity contribution in [2.75, 3.05) is 13.2 Å². The van der Waals surface area contributed by atoms with E-state index >= 15 is 0 Å². The Morgan fingerprint density at radius 1 is 1.42 bits per heavy atom. The van der Waals surface area contributed by atoms with Crippen LogP contribution in [0.15, 0.2) is 0 Å². The third kappa shape index (κ3) is 6.35. The molecule has 0 spiro atoms. The maximum absolute atomic E-state index is 10.8. The van der Waals surface area contributed by atoms with Gasteiger partial charge in [0.05, 0.1) is 0 Å². The average molecular weight is 172 g/mol. The van der Waals surface area contributed by atoms with E-state index in [0.717, 1.165) is 26.1 Å². The van der Waals surface area contributed by atoms with Crippen LogP contribution in [0, 0.1) is 5.92 Å². The Balaban J connectivity index is 3.14. The van der Waals surface area contributed by atoms with Crippen LogP contribution in [0.3, 0.4) is 0 Å². The van der Waals surface area contributed by atoms with Crippen molar-refractivity contribution in [3.63, 3.8) is 0 Å². The van der Waals surface area contributed by atoms with E-state index in [0.29, 0.717) is 0 Å². The summed E-state index contributed by atoms with van der Waals surface area (Å²) in [4.78, 5) is 10.8. The van der Waals surface area contributed by atoms with Crippen LogP contribution in [-0.4, -0.2) is 19.0 Å². The average Bonchev–Trinajstić information content (AvgIpc) is 2.03.